The number of aromatic nitrogens is 1. The van der Waals surface area contributed by atoms with Crippen LogP contribution in [0.25, 0.3) is 11.1 Å². The number of hydrogen-bond donors (Lipinski definition) is 1. The molecule has 166 valence electrons. The Morgan fingerprint density at radius 3 is 2.58 bits per heavy atom. The number of pyridine rings is 1. The van der Waals surface area contributed by atoms with Crippen LogP contribution in [0.2, 0.25) is 0 Å². The van der Waals surface area contributed by atoms with Crippen molar-refractivity contribution in [2.75, 3.05) is 31.2 Å². The van der Waals surface area contributed by atoms with E-state index in [0.717, 1.165) is 72.0 Å². The Labute approximate surface area is 191 Å². The molecule has 7 heteroatoms. The Hall–Kier alpha value is -3.58. The van der Waals surface area contributed by atoms with Gasteiger partial charge in [-0.1, -0.05) is 12.1 Å². The summed E-state index contributed by atoms with van der Waals surface area (Å²) in [6.45, 7) is 2.89. The van der Waals surface area contributed by atoms with Crippen LogP contribution in [0.15, 0.2) is 65.9 Å². The van der Waals surface area contributed by atoms with Crippen molar-refractivity contribution in [3.8, 4) is 22.6 Å². The van der Waals surface area contributed by atoms with Gasteiger partial charge in [0.25, 0.3) is 6.02 Å². The number of rotatable bonds is 2. The Morgan fingerprint density at radius 1 is 0.970 bits per heavy atom. The Kier molecular flexibility index (Phi) is 3.85. The number of amidine groups is 1. The monoisotopic (exact) mass is 440 g/mol. The lowest BCUT2D eigenvalue weighted by Gasteiger charge is -2.37. The predicted octanol–water partition coefficient (Wildman–Crippen LogP) is 3.81. The molecular formula is C26H24N4O3. The highest BCUT2D eigenvalue weighted by Gasteiger charge is 2.49. The Morgan fingerprint density at radius 2 is 1.82 bits per heavy atom. The second-order valence-electron chi connectivity index (χ2n) is 9.29. The fraction of sp³-hybridized carbons (Fsp3) is 0.308. The molecule has 2 spiro atoms. The average molecular weight is 441 g/mol. The highest BCUT2D eigenvalue weighted by Crippen LogP contribution is 2.53. The molecule has 7 nitrogen and oxygen atoms in total. The maximum atomic E-state index is 6.36. The summed E-state index contributed by atoms with van der Waals surface area (Å²) in [7, 11) is 0. The molecule has 1 saturated carbocycles. The molecule has 4 aliphatic rings. The van der Waals surface area contributed by atoms with Crippen molar-refractivity contribution in [3.05, 3.63) is 72.1 Å². The summed E-state index contributed by atoms with van der Waals surface area (Å²) in [6, 6.07) is 16.7. The summed E-state index contributed by atoms with van der Waals surface area (Å²) in [6.07, 6.45) is 5.91. The quantitative estimate of drug-likeness (QED) is 0.653. The van der Waals surface area contributed by atoms with Gasteiger partial charge in [-0.3, -0.25) is 4.98 Å². The van der Waals surface area contributed by atoms with E-state index in [1.54, 1.807) is 6.20 Å². The van der Waals surface area contributed by atoms with Crippen molar-refractivity contribution in [3.63, 3.8) is 0 Å². The standard InChI is InChI=1S/C26H24N4O3/c27-24-29-26(16-31-24)20-12-17(18-2-1-9-28-14-18)3-5-22(20)33-23-6-4-19(13-21(23)26)30-10-11-32-25(15-30)7-8-25/h1-6,9,12-14H,7-8,10-11,15-16H2,(H2,27,29)/t26-/m0/s1. The maximum Gasteiger partial charge on any atom is 0.283 e. The van der Waals surface area contributed by atoms with Crippen LogP contribution >= 0.6 is 0 Å². The average Bonchev–Trinajstić information content (AvgIpc) is 3.48. The van der Waals surface area contributed by atoms with Gasteiger partial charge < -0.3 is 24.8 Å². The number of nitrogens with zero attached hydrogens (tertiary/aromatic N) is 3. The zero-order valence-electron chi connectivity index (χ0n) is 18.2. The number of morpholine rings is 1. The zero-order chi connectivity index (χ0) is 22.0. The van der Waals surface area contributed by atoms with Crippen molar-refractivity contribution in [1.82, 2.24) is 4.98 Å². The largest absolute Gasteiger partial charge is 0.462 e. The SMILES string of the molecule is NC1=N[C@@]2(CO1)c1cc(-c3cccnc3)ccc1Oc1ccc(N3CCOC4(CC4)C3)cc12. The number of hydrogen-bond acceptors (Lipinski definition) is 7. The highest BCUT2D eigenvalue weighted by molar-refractivity contribution is 5.78. The molecule has 0 unspecified atom stereocenters. The molecule has 3 aromatic rings. The van der Waals surface area contributed by atoms with E-state index < -0.39 is 5.54 Å². The summed E-state index contributed by atoms with van der Waals surface area (Å²) in [4.78, 5) is 11.5. The summed E-state index contributed by atoms with van der Waals surface area (Å²) in [5.74, 6) is 1.56. The van der Waals surface area contributed by atoms with Crippen LogP contribution < -0.4 is 15.4 Å². The third kappa shape index (κ3) is 2.92. The predicted molar refractivity (Wildman–Crippen MR) is 125 cm³/mol. The van der Waals surface area contributed by atoms with Crippen LogP contribution in [0.1, 0.15) is 24.0 Å². The first-order valence-corrected chi connectivity index (χ1v) is 11.4. The molecule has 2 fully saturated rings. The molecule has 1 aromatic heterocycles. The summed E-state index contributed by atoms with van der Waals surface area (Å²) >= 11 is 0. The van der Waals surface area contributed by atoms with E-state index in [0.29, 0.717) is 6.61 Å². The highest BCUT2D eigenvalue weighted by atomic mass is 16.5. The third-order valence-corrected chi connectivity index (χ3v) is 7.20. The van der Waals surface area contributed by atoms with Gasteiger partial charge in [0.15, 0.2) is 5.54 Å². The van der Waals surface area contributed by atoms with Crippen molar-refractivity contribution in [1.29, 1.82) is 0 Å². The van der Waals surface area contributed by atoms with Gasteiger partial charge in [-0.15, -0.1) is 0 Å². The van der Waals surface area contributed by atoms with Crippen LogP contribution in [0.5, 0.6) is 11.5 Å². The van der Waals surface area contributed by atoms with Crippen molar-refractivity contribution < 1.29 is 14.2 Å². The van der Waals surface area contributed by atoms with Crippen LogP contribution in [0.4, 0.5) is 5.69 Å². The molecule has 4 heterocycles. The Bertz CT molecular complexity index is 1290. The summed E-state index contributed by atoms with van der Waals surface area (Å²) < 4.78 is 18.1. The molecule has 0 amide bonds. The number of ether oxygens (including phenoxy) is 3. The van der Waals surface area contributed by atoms with Crippen LogP contribution in [0, 0.1) is 0 Å². The van der Waals surface area contributed by atoms with E-state index in [2.05, 4.69) is 34.1 Å². The van der Waals surface area contributed by atoms with Gasteiger partial charge in [0, 0.05) is 47.9 Å². The molecule has 0 radical (unpaired) electrons. The fourth-order valence-corrected chi connectivity index (χ4v) is 5.26. The van der Waals surface area contributed by atoms with E-state index in [9.17, 15) is 0 Å². The molecule has 1 atom stereocenters. The van der Waals surface area contributed by atoms with Gasteiger partial charge in [0.1, 0.15) is 18.1 Å². The minimum absolute atomic E-state index is 0.0482. The van der Waals surface area contributed by atoms with Gasteiger partial charge in [-0.05, 0) is 54.8 Å². The number of fused-ring (bicyclic) bond motifs is 4. The van der Waals surface area contributed by atoms with Gasteiger partial charge in [0.2, 0.25) is 0 Å². The smallest absolute Gasteiger partial charge is 0.283 e. The van der Waals surface area contributed by atoms with Crippen molar-refractivity contribution in [2.24, 2.45) is 10.7 Å². The number of nitrogens with two attached hydrogens (primary N) is 1. The third-order valence-electron chi connectivity index (χ3n) is 7.20. The van der Waals surface area contributed by atoms with E-state index >= 15 is 0 Å². The topological polar surface area (TPSA) is 82.2 Å². The Balaban J connectivity index is 1.36. The van der Waals surface area contributed by atoms with E-state index in [1.807, 2.05) is 30.5 Å². The van der Waals surface area contributed by atoms with Crippen molar-refractivity contribution >= 4 is 11.7 Å². The molecule has 0 bridgehead atoms. The molecular weight excluding hydrogens is 416 g/mol. The van der Waals surface area contributed by atoms with Crippen molar-refractivity contribution in [2.45, 2.75) is 24.0 Å². The number of aliphatic imine (C=N–C) groups is 1. The zero-order valence-corrected chi connectivity index (χ0v) is 18.2. The van der Waals surface area contributed by atoms with Gasteiger partial charge >= 0.3 is 0 Å². The lowest BCUT2D eigenvalue weighted by molar-refractivity contribution is 0.0206. The molecule has 2 N–H and O–H groups in total. The molecule has 1 saturated heterocycles. The first-order valence-electron chi connectivity index (χ1n) is 11.4. The van der Waals surface area contributed by atoms with E-state index in [1.165, 1.54) is 0 Å². The molecule has 2 aromatic carbocycles. The second kappa shape index (κ2) is 6.71. The second-order valence-corrected chi connectivity index (χ2v) is 9.29. The first kappa shape index (κ1) is 18.9. The first-order chi connectivity index (χ1) is 16.1. The van der Waals surface area contributed by atoms with E-state index in [-0.39, 0.29) is 11.6 Å². The van der Waals surface area contributed by atoms with Crippen LogP contribution in [-0.4, -0.2) is 42.9 Å². The van der Waals surface area contributed by atoms with Gasteiger partial charge in [-0.2, -0.15) is 0 Å². The molecule has 1 aliphatic carbocycles. The minimum Gasteiger partial charge on any atom is -0.462 e. The maximum absolute atomic E-state index is 6.36. The van der Waals surface area contributed by atoms with Gasteiger partial charge in [0.05, 0.1) is 12.2 Å². The number of benzene rings is 2. The van der Waals surface area contributed by atoms with Crippen LogP contribution in [0.3, 0.4) is 0 Å². The summed E-state index contributed by atoms with van der Waals surface area (Å²) in [5.41, 5.74) is 10.6. The lowest BCUT2D eigenvalue weighted by atomic mass is 9.80. The molecule has 7 rings (SSSR count). The molecule has 33 heavy (non-hydrogen) atoms. The van der Waals surface area contributed by atoms with E-state index in [4.69, 9.17) is 24.9 Å². The fourth-order valence-electron chi connectivity index (χ4n) is 5.26. The minimum atomic E-state index is -0.745. The lowest BCUT2D eigenvalue weighted by Crippen LogP contribution is -2.44. The number of anilines is 1. The van der Waals surface area contributed by atoms with Crippen LogP contribution in [-0.2, 0) is 15.0 Å². The normalized spacial score (nSPS) is 24.0. The summed E-state index contributed by atoms with van der Waals surface area (Å²) in [5, 5.41) is 0. The molecule has 3 aliphatic heterocycles. The van der Waals surface area contributed by atoms with Gasteiger partial charge in [-0.25, -0.2) is 4.99 Å².